The number of carbonyl (C=O) groups is 2. The van der Waals surface area contributed by atoms with Gasteiger partial charge in [-0.15, -0.1) is 0 Å². The second kappa shape index (κ2) is 7.37. The van der Waals surface area contributed by atoms with E-state index in [1.807, 2.05) is 13.8 Å². The van der Waals surface area contributed by atoms with Crippen LogP contribution in [0.4, 0.5) is 4.79 Å². The molecule has 0 saturated heterocycles. The average Bonchev–Trinajstić information content (AvgIpc) is 2.53. The Morgan fingerprint density at radius 2 is 1.85 bits per heavy atom. The Kier molecular flexibility index (Phi) is 5.52. The van der Waals surface area contributed by atoms with Gasteiger partial charge in [0.05, 0.1) is 12.1 Å². The van der Waals surface area contributed by atoms with Crippen molar-refractivity contribution in [3.8, 4) is 0 Å². The molecule has 4 N–H and O–H groups in total. The second-order valence-corrected chi connectivity index (χ2v) is 9.52. The van der Waals surface area contributed by atoms with Crippen LogP contribution < -0.4 is 16.4 Å². The van der Waals surface area contributed by atoms with Crippen LogP contribution in [0.1, 0.15) is 65.7 Å². The summed E-state index contributed by atoms with van der Waals surface area (Å²) < 4.78 is 5.21. The first-order chi connectivity index (χ1) is 12.2. The Balaban J connectivity index is 1.52. The number of unbranched alkanes of at least 4 members (excludes halogenated alkanes) is 1. The number of hydrogen-bond acceptors (Lipinski definition) is 4. The van der Waals surface area contributed by atoms with Gasteiger partial charge in [-0.05, 0) is 70.1 Å². The Morgan fingerprint density at radius 3 is 2.42 bits per heavy atom. The predicted molar refractivity (Wildman–Crippen MR) is 100 cm³/mol. The number of alkyl carbamates (subject to hydrolysis) is 1. The topological polar surface area (TPSA) is 93.4 Å². The van der Waals surface area contributed by atoms with Gasteiger partial charge in [0.2, 0.25) is 5.91 Å². The van der Waals surface area contributed by atoms with E-state index in [-0.39, 0.29) is 23.0 Å². The number of hydrogen-bond donors (Lipinski definition) is 3. The van der Waals surface area contributed by atoms with Crippen LogP contribution in [0.3, 0.4) is 0 Å². The molecule has 148 valence electrons. The third-order valence-electron chi connectivity index (χ3n) is 6.75. The minimum absolute atomic E-state index is 0.0906. The summed E-state index contributed by atoms with van der Waals surface area (Å²) in [7, 11) is 0. The molecule has 0 aromatic carbocycles. The van der Waals surface area contributed by atoms with E-state index in [4.69, 9.17) is 10.5 Å². The van der Waals surface area contributed by atoms with Gasteiger partial charge >= 0.3 is 6.09 Å². The summed E-state index contributed by atoms with van der Waals surface area (Å²) in [4.78, 5) is 24.0. The molecule has 0 aromatic rings. The van der Waals surface area contributed by atoms with Crippen LogP contribution in [0.25, 0.3) is 0 Å². The lowest BCUT2D eigenvalue weighted by atomic mass is 9.47. The van der Waals surface area contributed by atoms with E-state index < -0.39 is 0 Å². The van der Waals surface area contributed by atoms with Crippen molar-refractivity contribution >= 4 is 12.0 Å². The molecule has 4 aliphatic rings. The van der Waals surface area contributed by atoms with Crippen molar-refractivity contribution in [2.24, 2.45) is 28.9 Å². The second-order valence-electron chi connectivity index (χ2n) is 9.52. The summed E-state index contributed by atoms with van der Waals surface area (Å²) in [6, 6.07) is 0.427. The van der Waals surface area contributed by atoms with E-state index in [1.165, 1.54) is 12.8 Å². The van der Waals surface area contributed by atoms with Gasteiger partial charge in [0.25, 0.3) is 0 Å². The van der Waals surface area contributed by atoms with E-state index in [9.17, 15) is 9.59 Å². The number of nitrogens with two attached hydrogens (primary N) is 1. The van der Waals surface area contributed by atoms with Crippen molar-refractivity contribution in [2.45, 2.75) is 77.3 Å². The van der Waals surface area contributed by atoms with Gasteiger partial charge < -0.3 is 21.1 Å². The normalized spacial score (nSPS) is 35.3. The minimum atomic E-state index is -0.376. The van der Waals surface area contributed by atoms with Crippen LogP contribution >= 0.6 is 0 Å². The third kappa shape index (κ3) is 4.00. The molecule has 6 heteroatoms. The highest BCUT2D eigenvalue weighted by Gasteiger charge is 2.57. The monoisotopic (exact) mass is 365 g/mol. The molecule has 2 unspecified atom stereocenters. The maximum atomic E-state index is 12.0. The summed E-state index contributed by atoms with van der Waals surface area (Å²) in [6.45, 7) is 7.27. The van der Waals surface area contributed by atoms with E-state index in [0.717, 1.165) is 32.1 Å². The minimum Gasteiger partial charge on any atom is -0.450 e. The molecule has 0 radical (unpaired) electrons. The number of primary amides is 1. The molecule has 0 aliphatic heterocycles. The van der Waals surface area contributed by atoms with Crippen LogP contribution in [0.15, 0.2) is 0 Å². The molecular weight excluding hydrogens is 330 g/mol. The standard InChI is InChI=1S/C20H35N3O3/c1-4-5-6-26-18(25)23-19(2,3)12-22-16-14-7-13-8-15(16)11-20(9-13,10-14)17(21)24/h13-16,22H,4-12H2,1-3H3,(H2,21,24)(H,23,25). The van der Waals surface area contributed by atoms with Crippen molar-refractivity contribution < 1.29 is 14.3 Å². The molecular formula is C20H35N3O3. The lowest BCUT2D eigenvalue weighted by Crippen LogP contribution is -2.63. The quantitative estimate of drug-likeness (QED) is 0.576. The molecule has 4 rings (SSSR count). The number of nitrogens with one attached hydrogen (secondary N) is 2. The van der Waals surface area contributed by atoms with Crippen LogP contribution in [0, 0.1) is 23.2 Å². The Hall–Kier alpha value is -1.30. The average molecular weight is 366 g/mol. The van der Waals surface area contributed by atoms with Crippen molar-refractivity contribution in [1.29, 1.82) is 0 Å². The van der Waals surface area contributed by atoms with Crippen molar-refractivity contribution in [3.63, 3.8) is 0 Å². The Labute approximate surface area is 157 Å². The molecule has 4 bridgehead atoms. The van der Waals surface area contributed by atoms with Gasteiger partial charge in [-0.3, -0.25) is 4.79 Å². The predicted octanol–water partition coefficient (Wildman–Crippen LogP) is 2.56. The van der Waals surface area contributed by atoms with E-state index in [0.29, 0.717) is 36.9 Å². The largest absolute Gasteiger partial charge is 0.450 e. The maximum Gasteiger partial charge on any atom is 0.407 e. The summed E-state index contributed by atoms with van der Waals surface area (Å²) in [5.41, 5.74) is 5.14. The van der Waals surface area contributed by atoms with Crippen molar-refractivity contribution in [2.75, 3.05) is 13.2 Å². The molecule has 4 aliphatic carbocycles. The van der Waals surface area contributed by atoms with Gasteiger partial charge in [0.15, 0.2) is 0 Å². The summed E-state index contributed by atoms with van der Waals surface area (Å²) in [5.74, 6) is 1.63. The first kappa shape index (κ1) is 19.5. The van der Waals surface area contributed by atoms with Crippen molar-refractivity contribution in [1.82, 2.24) is 10.6 Å². The fraction of sp³-hybridized carbons (Fsp3) is 0.900. The van der Waals surface area contributed by atoms with Crippen LogP contribution in [-0.2, 0) is 9.53 Å². The highest BCUT2D eigenvalue weighted by atomic mass is 16.5. The highest BCUT2D eigenvalue weighted by molar-refractivity contribution is 5.81. The molecule has 2 atom stereocenters. The molecule has 4 fully saturated rings. The van der Waals surface area contributed by atoms with E-state index >= 15 is 0 Å². The zero-order valence-corrected chi connectivity index (χ0v) is 16.5. The zero-order chi connectivity index (χ0) is 18.9. The van der Waals surface area contributed by atoms with Crippen LogP contribution in [0.2, 0.25) is 0 Å². The van der Waals surface area contributed by atoms with Gasteiger partial charge in [-0.2, -0.15) is 0 Å². The van der Waals surface area contributed by atoms with E-state index in [1.54, 1.807) is 0 Å². The van der Waals surface area contributed by atoms with Crippen molar-refractivity contribution in [3.05, 3.63) is 0 Å². The number of carbonyl (C=O) groups excluding carboxylic acids is 2. The smallest absolute Gasteiger partial charge is 0.407 e. The SMILES string of the molecule is CCCCOC(=O)NC(C)(C)CNC1C2CC3CC1CC(C(N)=O)(C3)C2. The first-order valence-corrected chi connectivity index (χ1v) is 10.2. The molecule has 0 heterocycles. The molecule has 4 saturated carbocycles. The van der Waals surface area contributed by atoms with Crippen LogP contribution in [-0.4, -0.2) is 36.7 Å². The molecule has 0 spiro atoms. The zero-order valence-electron chi connectivity index (χ0n) is 16.5. The molecule has 6 nitrogen and oxygen atoms in total. The number of rotatable bonds is 8. The number of amides is 2. The van der Waals surface area contributed by atoms with Gasteiger partial charge in [-0.1, -0.05) is 13.3 Å². The molecule has 26 heavy (non-hydrogen) atoms. The Morgan fingerprint density at radius 1 is 1.19 bits per heavy atom. The van der Waals surface area contributed by atoms with Crippen LogP contribution in [0.5, 0.6) is 0 Å². The third-order valence-corrected chi connectivity index (χ3v) is 6.75. The highest BCUT2D eigenvalue weighted by Crippen LogP contribution is 2.59. The van der Waals surface area contributed by atoms with Gasteiger partial charge in [-0.25, -0.2) is 4.79 Å². The maximum absolute atomic E-state index is 12.0. The van der Waals surface area contributed by atoms with Gasteiger partial charge in [0, 0.05) is 18.0 Å². The molecule has 2 amide bonds. The summed E-state index contributed by atoms with van der Waals surface area (Å²) in [6.07, 6.45) is 6.82. The van der Waals surface area contributed by atoms with E-state index in [2.05, 4.69) is 17.6 Å². The lowest BCUT2D eigenvalue weighted by Gasteiger charge is -2.59. The number of ether oxygens (including phenoxy) is 1. The summed E-state index contributed by atoms with van der Waals surface area (Å²) in [5, 5.41) is 6.68. The first-order valence-electron chi connectivity index (χ1n) is 10.2. The molecule has 0 aromatic heterocycles. The Bertz CT molecular complexity index is 532. The fourth-order valence-corrected chi connectivity index (χ4v) is 5.70. The lowest BCUT2D eigenvalue weighted by molar-refractivity contribution is -0.146. The fourth-order valence-electron chi connectivity index (χ4n) is 5.70. The van der Waals surface area contributed by atoms with Gasteiger partial charge in [0.1, 0.15) is 0 Å². The summed E-state index contributed by atoms with van der Waals surface area (Å²) >= 11 is 0.